The zero-order valence-electron chi connectivity index (χ0n) is 17.7. The van der Waals surface area contributed by atoms with E-state index >= 15 is 0 Å². The maximum Gasteiger partial charge on any atom is 0.344 e. The first-order valence-corrected chi connectivity index (χ1v) is 9.72. The van der Waals surface area contributed by atoms with Crippen LogP contribution in [0.5, 0.6) is 0 Å². The first kappa shape index (κ1) is 22.2. The molecule has 32 heavy (non-hydrogen) atoms. The summed E-state index contributed by atoms with van der Waals surface area (Å²) < 4.78 is 0. The molecular formula is C22H24N8O2. The average molecular weight is 432 g/mol. The fourth-order valence-corrected chi connectivity index (χ4v) is 2.82. The van der Waals surface area contributed by atoms with Gasteiger partial charge in [0.05, 0.1) is 0 Å². The molecule has 1 aromatic heterocycles. The minimum atomic E-state index is -0.602. The van der Waals surface area contributed by atoms with E-state index in [9.17, 15) is 9.59 Å². The van der Waals surface area contributed by atoms with Crippen LogP contribution < -0.4 is 27.0 Å². The summed E-state index contributed by atoms with van der Waals surface area (Å²) in [5, 5.41) is 5.74. The fraction of sp³-hybridized carbons (Fsp3) is 0.136. The van der Waals surface area contributed by atoms with Gasteiger partial charge in [-0.05, 0) is 41.5 Å². The Kier molecular flexibility index (Phi) is 6.96. The molecule has 0 aliphatic rings. The second kappa shape index (κ2) is 10.0. The molecule has 2 aromatic carbocycles. The third-order valence-electron chi connectivity index (χ3n) is 4.57. The molecule has 0 aliphatic carbocycles. The third kappa shape index (κ3) is 6.02. The number of amides is 3. The van der Waals surface area contributed by atoms with Crippen LogP contribution in [0.3, 0.4) is 0 Å². The van der Waals surface area contributed by atoms with Crippen LogP contribution in [0.2, 0.25) is 0 Å². The van der Waals surface area contributed by atoms with Crippen molar-refractivity contribution in [1.82, 2.24) is 15.3 Å². The number of guanidine groups is 1. The quantitative estimate of drug-likeness (QED) is 0.345. The van der Waals surface area contributed by atoms with Gasteiger partial charge in [-0.25, -0.2) is 14.8 Å². The van der Waals surface area contributed by atoms with Crippen molar-refractivity contribution in [3.05, 3.63) is 66.5 Å². The van der Waals surface area contributed by atoms with Crippen molar-refractivity contribution in [1.29, 1.82) is 0 Å². The Labute approximate surface area is 185 Å². The molecule has 164 valence electrons. The van der Waals surface area contributed by atoms with Crippen molar-refractivity contribution in [3.8, 4) is 11.1 Å². The molecule has 10 heteroatoms. The number of nitrogens with two attached hydrogens (primary N) is 2. The van der Waals surface area contributed by atoms with E-state index in [0.29, 0.717) is 5.95 Å². The number of anilines is 3. The molecule has 0 atom stereocenters. The molecule has 3 aromatic rings. The van der Waals surface area contributed by atoms with Crippen LogP contribution in [0.1, 0.15) is 12.5 Å². The number of nitrogens with zero attached hydrogens (tertiary/aromatic N) is 4. The van der Waals surface area contributed by atoms with Crippen LogP contribution in [-0.2, 0) is 11.3 Å². The van der Waals surface area contributed by atoms with Crippen LogP contribution in [0, 0.1) is 0 Å². The Hall–Kier alpha value is -4.47. The maximum atomic E-state index is 11.5. The molecule has 3 amide bonds. The number of aromatic nitrogens is 2. The predicted molar refractivity (Wildman–Crippen MR) is 124 cm³/mol. The molecule has 10 nitrogen and oxygen atoms in total. The van der Waals surface area contributed by atoms with E-state index in [0.717, 1.165) is 28.1 Å². The van der Waals surface area contributed by atoms with Crippen LogP contribution in [0.4, 0.5) is 22.1 Å². The summed E-state index contributed by atoms with van der Waals surface area (Å²) in [6, 6.07) is 14.4. The Balaban J connectivity index is 1.65. The van der Waals surface area contributed by atoms with E-state index in [1.807, 2.05) is 48.5 Å². The highest BCUT2D eigenvalue weighted by molar-refractivity contribution is 5.91. The Morgan fingerprint density at radius 1 is 1.03 bits per heavy atom. The lowest BCUT2D eigenvalue weighted by atomic mass is 10.1. The first-order valence-electron chi connectivity index (χ1n) is 9.72. The van der Waals surface area contributed by atoms with Gasteiger partial charge in [-0.1, -0.05) is 18.2 Å². The van der Waals surface area contributed by atoms with Gasteiger partial charge in [0.1, 0.15) is 0 Å². The van der Waals surface area contributed by atoms with E-state index < -0.39 is 6.03 Å². The largest absolute Gasteiger partial charge is 0.370 e. The number of urea groups is 1. The summed E-state index contributed by atoms with van der Waals surface area (Å²) in [7, 11) is 1.72. The van der Waals surface area contributed by atoms with Gasteiger partial charge in [0.15, 0.2) is 5.96 Å². The third-order valence-corrected chi connectivity index (χ3v) is 4.57. The molecule has 0 unspecified atom stereocenters. The normalized spacial score (nSPS) is 10.2. The predicted octanol–water partition coefficient (Wildman–Crippen LogP) is 2.35. The van der Waals surface area contributed by atoms with E-state index in [2.05, 4.69) is 25.6 Å². The lowest BCUT2D eigenvalue weighted by Gasteiger charge is -2.15. The van der Waals surface area contributed by atoms with Crippen LogP contribution in [-0.4, -0.2) is 34.9 Å². The highest BCUT2D eigenvalue weighted by atomic mass is 16.2. The van der Waals surface area contributed by atoms with Crippen molar-refractivity contribution in [2.45, 2.75) is 13.5 Å². The van der Waals surface area contributed by atoms with Crippen molar-refractivity contribution in [2.75, 3.05) is 17.3 Å². The number of carbonyl (C=O) groups is 2. The molecule has 3 rings (SSSR count). The second-order valence-electron chi connectivity index (χ2n) is 6.94. The van der Waals surface area contributed by atoms with E-state index in [1.54, 1.807) is 24.3 Å². The summed E-state index contributed by atoms with van der Waals surface area (Å²) in [5.74, 6) is 0.119. The number of benzene rings is 2. The van der Waals surface area contributed by atoms with Crippen molar-refractivity contribution < 1.29 is 9.59 Å². The SMILES string of the molecule is CC(=O)N(C)c1ccc(Nc2ncc(-c3cccc(CNC(=O)N=C(N)N)c3)cn2)cc1. The molecule has 0 spiro atoms. The zero-order valence-corrected chi connectivity index (χ0v) is 17.7. The van der Waals surface area contributed by atoms with Gasteiger partial charge >= 0.3 is 6.03 Å². The van der Waals surface area contributed by atoms with Gasteiger partial charge in [-0.2, -0.15) is 4.99 Å². The molecular weight excluding hydrogens is 408 g/mol. The summed E-state index contributed by atoms with van der Waals surface area (Å²) in [5.41, 5.74) is 14.6. The maximum absolute atomic E-state index is 11.5. The van der Waals surface area contributed by atoms with Crippen LogP contribution in [0.25, 0.3) is 11.1 Å². The van der Waals surface area contributed by atoms with Gasteiger partial charge in [0, 0.05) is 49.8 Å². The summed E-state index contributed by atoms with van der Waals surface area (Å²) >= 11 is 0. The van der Waals surface area contributed by atoms with E-state index in [-0.39, 0.29) is 18.4 Å². The number of hydrogen-bond acceptors (Lipinski definition) is 5. The van der Waals surface area contributed by atoms with Gasteiger partial charge in [0.25, 0.3) is 0 Å². The highest BCUT2D eigenvalue weighted by Gasteiger charge is 2.07. The fourth-order valence-electron chi connectivity index (χ4n) is 2.82. The second-order valence-corrected chi connectivity index (χ2v) is 6.94. The van der Waals surface area contributed by atoms with Crippen molar-refractivity contribution in [3.63, 3.8) is 0 Å². The number of carbonyl (C=O) groups excluding carboxylic acids is 2. The Morgan fingerprint density at radius 3 is 2.34 bits per heavy atom. The van der Waals surface area contributed by atoms with Gasteiger partial charge in [0.2, 0.25) is 11.9 Å². The monoisotopic (exact) mass is 432 g/mol. The molecule has 0 saturated carbocycles. The summed E-state index contributed by atoms with van der Waals surface area (Å²) in [6.07, 6.45) is 3.43. The van der Waals surface area contributed by atoms with Crippen LogP contribution in [0.15, 0.2) is 65.9 Å². The summed E-state index contributed by atoms with van der Waals surface area (Å²) in [6.45, 7) is 1.79. The first-order chi connectivity index (χ1) is 15.3. The molecule has 0 radical (unpaired) electrons. The van der Waals surface area contributed by atoms with Crippen LogP contribution >= 0.6 is 0 Å². The molecule has 0 bridgehead atoms. The Morgan fingerprint density at radius 2 is 1.72 bits per heavy atom. The summed E-state index contributed by atoms with van der Waals surface area (Å²) in [4.78, 5) is 36.7. The average Bonchev–Trinajstić information content (AvgIpc) is 2.78. The molecule has 1 heterocycles. The molecule has 0 saturated heterocycles. The smallest absolute Gasteiger partial charge is 0.344 e. The van der Waals surface area contributed by atoms with E-state index in [1.165, 1.54) is 6.92 Å². The van der Waals surface area contributed by atoms with Gasteiger partial charge < -0.3 is 27.0 Å². The minimum absolute atomic E-state index is 0.0372. The van der Waals surface area contributed by atoms with Gasteiger partial charge in [-0.3, -0.25) is 4.79 Å². The molecule has 0 aliphatic heterocycles. The lowest BCUT2D eigenvalue weighted by molar-refractivity contribution is -0.116. The number of nitrogens with one attached hydrogen (secondary N) is 2. The number of aliphatic imine (C=N–C) groups is 1. The highest BCUT2D eigenvalue weighted by Crippen LogP contribution is 2.22. The number of hydrogen-bond donors (Lipinski definition) is 4. The topological polar surface area (TPSA) is 152 Å². The lowest BCUT2D eigenvalue weighted by Crippen LogP contribution is -2.28. The van der Waals surface area contributed by atoms with Gasteiger partial charge in [-0.15, -0.1) is 0 Å². The van der Waals surface area contributed by atoms with Crippen molar-refractivity contribution >= 4 is 35.2 Å². The molecule has 6 N–H and O–H groups in total. The van der Waals surface area contributed by atoms with E-state index in [4.69, 9.17) is 11.5 Å². The standard InChI is InChI=1S/C22H24N8O2/c1-14(31)30(2)19-8-6-18(7-9-19)28-21-25-12-17(13-26-21)16-5-3-4-15(10-16)11-27-22(32)29-20(23)24/h3-10,12-13H,11H2,1-2H3,(H,25,26,28)(H5,23,24,27,29,32). The minimum Gasteiger partial charge on any atom is -0.370 e. The Bertz CT molecular complexity index is 1120. The zero-order chi connectivity index (χ0) is 23.1. The van der Waals surface area contributed by atoms with Crippen molar-refractivity contribution in [2.24, 2.45) is 16.5 Å². The molecule has 0 fully saturated rings. The number of rotatable bonds is 6.